The molecule has 0 bridgehead atoms. The van der Waals surface area contributed by atoms with Crippen LogP contribution in [0.3, 0.4) is 0 Å². The molecule has 2 heterocycles. The van der Waals surface area contributed by atoms with Gasteiger partial charge < -0.3 is 29.6 Å². The van der Waals surface area contributed by atoms with Gasteiger partial charge in [0.1, 0.15) is 30.6 Å². The van der Waals surface area contributed by atoms with Gasteiger partial charge in [0.25, 0.3) is 5.09 Å². The summed E-state index contributed by atoms with van der Waals surface area (Å²) >= 11 is 0. The second kappa shape index (κ2) is 7.39. The van der Waals surface area contributed by atoms with Crippen LogP contribution in [-0.2, 0) is 19.1 Å². The van der Waals surface area contributed by atoms with Gasteiger partial charge in [0.05, 0.1) is 13.2 Å². The summed E-state index contributed by atoms with van der Waals surface area (Å²) in [6.07, 6.45) is -2.53. The van der Waals surface area contributed by atoms with E-state index in [4.69, 9.17) is 14.3 Å². The largest absolute Gasteiger partial charge is 0.393 e. The Bertz CT molecular complexity index is 451. The number of rotatable bonds is 7. The fraction of sp³-hybridized carbons (Fsp3) is 0.923. The predicted molar refractivity (Wildman–Crippen MR) is 78.5 cm³/mol. The Morgan fingerprint density at radius 1 is 1.52 bits per heavy atom. The maximum absolute atomic E-state index is 10.4. The SMILES string of the molecule is CC(C)(C)NCC(O)CON=C1COC2C(O[N+](=O)[O-])COC12. The van der Waals surface area contributed by atoms with Crippen molar-refractivity contribution in [2.75, 3.05) is 26.4 Å². The second-order valence-corrected chi connectivity index (χ2v) is 6.56. The topological polar surface area (TPSA) is 125 Å². The molecule has 4 unspecified atom stereocenters. The quantitative estimate of drug-likeness (QED) is 0.471. The van der Waals surface area contributed by atoms with E-state index < -0.39 is 29.5 Å². The normalized spacial score (nSPS) is 30.3. The van der Waals surface area contributed by atoms with Gasteiger partial charge in [0, 0.05) is 12.1 Å². The highest BCUT2D eigenvalue weighted by molar-refractivity contribution is 5.92. The van der Waals surface area contributed by atoms with Gasteiger partial charge in [-0.15, -0.1) is 10.1 Å². The molecule has 0 radical (unpaired) electrons. The molecule has 2 fully saturated rings. The van der Waals surface area contributed by atoms with Gasteiger partial charge in [-0.05, 0) is 20.8 Å². The van der Waals surface area contributed by atoms with Crippen LogP contribution >= 0.6 is 0 Å². The van der Waals surface area contributed by atoms with Gasteiger partial charge in [0.2, 0.25) is 0 Å². The Kier molecular flexibility index (Phi) is 5.74. The third-order valence-electron chi connectivity index (χ3n) is 3.40. The number of hydrogen-bond acceptors (Lipinski definition) is 9. The zero-order valence-corrected chi connectivity index (χ0v) is 13.4. The summed E-state index contributed by atoms with van der Waals surface area (Å²) in [6, 6.07) is 0. The summed E-state index contributed by atoms with van der Waals surface area (Å²) in [5.74, 6) is 0. The smallest absolute Gasteiger partial charge is 0.294 e. The molecule has 0 saturated carbocycles. The van der Waals surface area contributed by atoms with Crippen molar-refractivity contribution in [1.82, 2.24) is 5.32 Å². The number of nitrogens with zero attached hydrogens (tertiary/aromatic N) is 2. The van der Waals surface area contributed by atoms with E-state index in [9.17, 15) is 15.2 Å². The van der Waals surface area contributed by atoms with Crippen LogP contribution in [0.4, 0.5) is 0 Å². The number of aliphatic hydroxyl groups is 1. The van der Waals surface area contributed by atoms with E-state index >= 15 is 0 Å². The van der Waals surface area contributed by atoms with Crippen molar-refractivity contribution in [3.63, 3.8) is 0 Å². The second-order valence-electron chi connectivity index (χ2n) is 6.56. The zero-order valence-electron chi connectivity index (χ0n) is 13.4. The first-order valence-electron chi connectivity index (χ1n) is 7.42. The maximum Gasteiger partial charge on any atom is 0.294 e. The van der Waals surface area contributed by atoms with Crippen molar-refractivity contribution in [1.29, 1.82) is 0 Å². The number of fused-ring (bicyclic) bond motifs is 1. The lowest BCUT2D eigenvalue weighted by molar-refractivity contribution is -0.769. The Morgan fingerprint density at radius 2 is 2.26 bits per heavy atom. The standard InChI is InChI=1S/C13H23N3O7/c1-13(2,3)14-4-8(17)5-22-15-9-6-20-12-10(23-16(18)19)7-21-11(9)12/h8,10-12,14,17H,4-7H2,1-3H3. The van der Waals surface area contributed by atoms with Crippen LogP contribution in [0.2, 0.25) is 0 Å². The molecule has 2 saturated heterocycles. The average molecular weight is 333 g/mol. The fourth-order valence-electron chi connectivity index (χ4n) is 2.30. The van der Waals surface area contributed by atoms with E-state index in [0.29, 0.717) is 12.3 Å². The fourth-order valence-corrected chi connectivity index (χ4v) is 2.30. The average Bonchev–Trinajstić information content (AvgIpc) is 2.99. The number of hydrogen-bond donors (Lipinski definition) is 2. The van der Waals surface area contributed by atoms with Gasteiger partial charge in [-0.2, -0.15) is 0 Å². The number of ether oxygens (including phenoxy) is 2. The summed E-state index contributed by atoms with van der Waals surface area (Å²) in [5.41, 5.74) is 0.406. The van der Waals surface area contributed by atoms with Crippen molar-refractivity contribution in [3.05, 3.63) is 10.1 Å². The van der Waals surface area contributed by atoms with Crippen molar-refractivity contribution in [2.24, 2.45) is 5.16 Å². The highest BCUT2D eigenvalue weighted by Gasteiger charge is 2.48. The van der Waals surface area contributed by atoms with Crippen molar-refractivity contribution >= 4 is 5.71 Å². The minimum Gasteiger partial charge on any atom is -0.393 e. The lowest BCUT2D eigenvalue weighted by Crippen LogP contribution is -2.42. The molecule has 0 aromatic rings. The van der Waals surface area contributed by atoms with Crippen LogP contribution in [0.25, 0.3) is 0 Å². The lowest BCUT2D eigenvalue weighted by Gasteiger charge is -2.22. The molecule has 0 aromatic carbocycles. The van der Waals surface area contributed by atoms with Crippen molar-refractivity contribution in [2.45, 2.75) is 50.7 Å². The van der Waals surface area contributed by atoms with E-state index in [2.05, 4.69) is 15.3 Å². The zero-order chi connectivity index (χ0) is 17.0. The highest BCUT2D eigenvalue weighted by Crippen LogP contribution is 2.27. The molecule has 4 atom stereocenters. The monoisotopic (exact) mass is 333 g/mol. The number of oxime groups is 1. The summed E-state index contributed by atoms with van der Waals surface area (Å²) in [7, 11) is 0. The molecule has 2 aliphatic rings. The number of nitrogens with one attached hydrogen (secondary N) is 1. The Morgan fingerprint density at radius 3 is 2.91 bits per heavy atom. The van der Waals surface area contributed by atoms with E-state index in [0.717, 1.165) is 0 Å². The lowest BCUT2D eigenvalue weighted by atomic mass is 10.1. The van der Waals surface area contributed by atoms with Crippen LogP contribution in [0.5, 0.6) is 0 Å². The maximum atomic E-state index is 10.4. The Balaban J connectivity index is 1.76. The van der Waals surface area contributed by atoms with Gasteiger partial charge in [-0.25, -0.2) is 0 Å². The highest BCUT2D eigenvalue weighted by atomic mass is 17.0. The Labute approximate surface area is 133 Å². The van der Waals surface area contributed by atoms with Crippen LogP contribution in [0.15, 0.2) is 5.16 Å². The molecule has 0 aromatic heterocycles. The molecule has 10 nitrogen and oxygen atoms in total. The first-order valence-corrected chi connectivity index (χ1v) is 7.42. The molecule has 132 valence electrons. The van der Waals surface area contributed by atoms with Crippen LogP contribution in [-0.4, -0.2) is 72.2 Å². The van der Waals surface area contributed by atoms with Gasteiger partial charge in [-0.1, -0.05) is 5.16 Å². The summed E-state index contributed by atoms with van der Waals surface area (Å²) in [6.45, 7) is 6.62. The third kappa shape index (κ3) is 5.27. The van der Waals surface area contributed by atoms with Crippen LogP contribution < -0.4 is 5.32 Å². The predicted octanol–water partition coefficient (Wildman–Crippen LogP) is -0.517. The van der Waals surface area contributed by atoms with Gasteiger partial charge in [0.15, 0.2) is 6.10 Å². The van der Waals surface area contributed by atoms with E-state index in [-0.39, 0.29) is 25.4 Å². The van der Waals surface area contributed by atoms with Crippen molar-refractivity contribution < 1.29 is 29.3 Å². The first-order chi connectivity index (χ1) is 10.8. The molecule has 23 heavy (non-hydrogen) atoms. The number of β-amino-alcohol motifs (C(OH)–C–C–N with tert-alkyl or cyclic N) is 1. The molecule has 2 rings (SSSR count). The van der Waals surface area contributed by atoms with E-state index in [1.807, 2.05) is 20.8 Å². The van der Waals surface area contributed by atoms with Crippen molar-refractivity contribution in [3.8, 4) is 0 Å². The molecular formula is C13H23N3O7. The molecule has 0 amide bonds. The molecule has 2 aliphatic heterocycles. The van der Waals surface area contributed by atoms with Gasteiger partial charge >= 0.3 is 0 Å². The molecule has 0 spiro atoms. The third-order valence-corrected chi connectivity index (χ3v) is 3.40. The van der Waals surface area contributed by atoms with Crippen LogP contribution in [0, 0.1) is 10.1 Å². The summed E-state index contributed by atoms with van der Waals surface area (Å²) in [4.78, 5) is 20.0. The minimum atomic E-state index is -0.857. The summed E-state index contributed by atoms with van der Waals surface area (Å²) < 4.78 is 10.8. The molecular weight excluding hydrogens is 310 g/mol. The Hall–Kier alpha value is -1.49. The number of aliphatic hydroxyl groups excluding tert-OH is 1. The van der Waals surface area contributed by atoms with E-state index in [1.165, 1.54) is 0 Å². The molecule has 0 aliphatic carbocycles. The van der Waals surface area contributed by atoms with Crippen LogP contribution in [0.1, 0.15) is 20.8 Å². The molecule has 10 heteroatoms. The van der Waals surface area contributed by atoms with Gasteiger partial charge in [-0.3, -0.25) is 0 Å². The molecule has 2 N–H and O–H groups in total. The van der Waals surface area contributed by atoms with E-state index in [1.54, 1.807) is 0 Å². The minimum absolute atomic E-state index is 0.0266. The first kappa shape index (κ1) is 17.9. The summed E-state index contributed by atoms with van der Waals surface area (Å²) in [5, 5.41) is 26.4.